The Labute approximate surface area is 164 Å². The van der Waals surface area contributed by atoms with E-state index in [2.05, 4.69) is 0 Å². The summed E-state index contributed by atoms with van der Waals surface area (Å²) in [4.78, 5) is 0. The van der Waals surface area contributed by atoms with Crippen molar-refractivity contribution >= 4 is 0 Å². The van der Waals surface area contributed by atoms with Gasteiger partial charge in [-0.1, -0.05) is 66.7 Å². The average molecular weight is 408 g/mol. The quantitative estimate of drug-likeness (QED) is 0.541. The molecule has 0 aliphatic carbocycles. The van der Waals surface area contributed by atoms with Crippen molar-refractivity contribution < 1.29 is 31.8 Å². The Morgan fingerprint density at radius 3 is 2.00 bits per heavy atom. The van der Waals surface area contributed by atoms with Gasteiger partial charge in [-0.15, -0.1) is 0 Å². The number of hydrogen-bond donors (Lipinski definition) is 1. The molecule has 0 saturated heterocycles. The molecule has 152 valence electrons. The van der Waals surface area contributed by atoms with Crippen molar-refractivity contribution in [3.8, 4) is 16.9 Å². The Balaban J connectivity index is 2.37. The Morgan fingerprint density at radius 1 is 0.759 bits per heavy atom. The maximum absolute atomic E-state index is 14.9. The summed E-state index contributed by atoms with van der Waals surface area (Å²) in [6, 6.07) is 18.0. The van der Waals surface area contributed by atoms with E-state index < -0.39 is 28.8 Å². The minimum Gasteiger partial charge on any atom is -0.497 e. The van der Waals surface area contributed by atoms with Crippen LogP contribution in [0.3, 0.4) is 0 Å². The lowest BCUT2D eigenvalue weighted by Crippen LogP contribution is -2.55. The Kier molecular flexibility index (Phi) is 5.36. The summed E-state index contributed by atoms with van der Waals surface area (Å²) < 4.78 is 75.1. The smallest absolute Gasteiger partial charge is 0.457 e. The van der Waals surface area contributed by atoms with Gasteiger partial charge in [-0.2, -0.15) is 22.0 Å². The van der Waals surface area contributed by atoms with Crippen LogP contribution in [0, 0.1) is 0 Å². The van der Waals surface area contributed by atoms with Crippen molar-refractivity contribution in [2.24, 2.45) is 0 Å². The van der Waals surface area contributed by atoms with Crippen LogP contribution in [0.2, 0.25) is 0 Å². The number of methoxy groups -OCH3 is 1. The van der Waals surface area contributed by atoms with Gasteiger partial charge in [0.1, 0.15) is 5.75 Å². The maximum atomic E-state index is 14.9. The van der Waals surface area contributed by atoms with Gasteiger partial charge in [0, 0.05) is 5.56 Å². The lowest BCUT2D eigenvalue weighted by atomic mass is 9.77. The molecule has 0 aliphatic rings. The molecule has 0 fully saturated rings. The molecule has 1 unspecified atom stereocenters. The minimum atomic E-state index is -6.01. The van der Waals surface area contributed by atoms with E-state index in [1.807, 2.05) is 0 Å². The van der Waals surface area contributed by atoms with Gasteiger partial charge in [0.25, 0.3) is 0 Å². The summed E-state index contributed by atoms with van der Waals surface area (Å²) in [5.74, 6) is -5.45. The molecule has 0 heterocycles. The highest BCUT2D eigenvalue weighted by atomic mass is 19.4. The summed E-state index contributed by atoms with van der Waals surface area (Å²) in [7, 11) is 1.25. The normalized spacial score (nSPS) is 14.3. The lowest BCUT2D eigenvalue weighted by Gasteiger charge is -2.38. The Hall–Kier alpha value is -2.93. The Morgan fingerprint density at radius 2 is 1.38 bits per heavy atom. The zero-order chi connectivity index (χ0) is 21.3. The standard InChI is InChI=1S/C22H17F5O2/c1-29-17-11-7-10-16(14-17)20(28,21(23,24)22(25,26)27)19-13-6-5-12-18(19)15-8-3-2-4-9-15/h2-14,28H,1H3. The summed E-state index contributed by atoms with van der Waals surface area (Å²) in [5.41, 5.74) is -4.44. The van der Waals surface area contributed by atoms with Gasteiger partial charge in [-0.3, -0.25) is 0 Å². The monoisotopic (exact) mass is 408 g/mol. The van der Waals surface area contributed by atoms with E-state index in [-0.39, 0.29) is 11.3 Å². The lowest BCUT2D eigenvalue weighted by molar-refractivity contribution is -0.336. The third-order valence-corrected chi connectivity index (χ3v) is 4.70. The topological polar surface area (TPSA) is 29.5 Å². The van der Waals surface area contributed by atoms with Crippen LogP contribution in [0.15, 0.2) is 78.9 Å². The van der Waals surface area contributed by atoms with E-state index in [0.29, 0.717) is 5.56 Å². The molecule has 29 heavy (non-hydrogen) atoms. The van der Waals surface area contributed by atoms with Crippen LogP contribution in [0.25, 0.3) is 11.1 Å². The highest BCUT2D eigenvalue weighted by molar-refractivity contribution is 5.70. The highest BCUT2D eigenvalue weighted by Gasteiger charge is 2.71. The number of rotatable bonds is 5. The first-order chi connectivity index (χ1) is 13.6. The van der Waals surface area contributed by atoms with E-state index in [1.54, 1.807) is 30.3 Å². The fraction of sp³-hybridized carbons (Fsp3) is 0.182. The molecule has 2 nitrogen and oxygen atoms in total. The van der Waals surface area contributed by atoms with Crippen LogP contribution in [-0.4, -0.2) is 24.3 Å². The molecular formula is C22H17F5O2. The van der Waals surface area contributed by atoms with E-state index in [4.69, 9.17) is 4.74 Å². The maximum Gasteiger partial charge on any atom is 0.457 e. The van der Waals surface area contributed by atoms with Crippen molar-refractivity contribution in [2.75, 3.05) is 7.11 Å². The SMILES string of the molecule is COc1cccc(C(O)(c2ccccc2-c2ccccc2)C(F)(F)C(F)(F)F)c1. The molecule has 3 aromatic carbocycles. The first-order valence-corrected chi connectivity index (χ1v) is 8.59. The molecule has 0 saturated carbocycles. The summed E-state index contributed by atoms with van der Waals surface area (Å²) in [6.45, 7) is 0. The molecule has 0 radical (unpaired) electrons. The van der Waals surface area contributed by atoms with Gasteiger partial charge < -0.3 is 9.84 Å². The molecule has 3 aromatic rings. The highest BCUT2D eigenvalue weighted by Crippen LogP contribution is 2.53. The molecule has 0 aromatic heterocycles. The number of ether oxygens (including phenoxy) is 1. The van der Waals surface area contributed by atoms with Crippen molar-refractivity contribution in [1.82, 2.24) is 0 Å². The zero-order valence-electron chi connectivity index (χ0n) is 15.3. The molecular weight excluding hydrogens is 391 g/mol. The second kappa shape index (κ2) is 7.48. The van der Waals surface area contributed by atoms with E-state index in [9.17, 15) is 27.1 Å². The molecule has 0 amide bonds. The van der Waals surface area contributed by atoms with Gasteiger partial charge in [0.2, 0.25) is 0 Å². The largest absolute Gasteiger partial charge is 0.497 e. The van der Waals surface area contributed by atoms with Crippen molar-refractivity contribution in [3.63, 3.8) is 0 Å². The number of aliphatic hydroxyl groups is 1. The Bertz CT molecular complexity index is 986. The van der Waals surface area contributed by atoms with Crippen molar-refractivity contribution in [2.45, 2.75) is 17.7 Å². The molecule has 0 spiro atoms. The molecule has 1 N–H and O–H groups in total. The van der Waals surface area contributed by atoms with E-state index in [1.165, 1.54) is 37.4 Å². The minimum absolute atomic E-state index is 0.0380. The van der Waals surface area contributed by atoms with Gasteiger partial charge >= 0.3 is 12.1 Å². The summed E-state index contributed by atoms with van der Waals surface area (Å²) in [5, 5.41) is 11.2. The van der Waals surface area contributed by atoms with Gasteiger partial charge in [0.15, 0.2) is 5.60 Å². The number of halogens is 5. The molecule has 0 aliphatic heterocycles. The number of alkyl halides is 5. The average Bonchev–Trinajstić information content (AvgIpc) is 2.73. The second-order valence-corrected chi connectivity index (χ2v) is 6.43. The third kappa shape index (κ3) is 3.46. The fourth-order valence-electron chi connectivity index (χ4n) is 3.23. The van der Waals surface area contributed by atoms with Crippen LogP contribution in [-0.2, 0) is 5.60 Å². The van der Waals surface area contributed by atoms with Gasteiger partial charge in [0.05, 0.1) is 7.11 Å². The second-order valence-electron chi connectivity index (χ2n) is 6.43. The van der Waals surface area contributed by atoms with E-state index >= 15 is 0 Å². The molecule has 0 bridgehead atoms. The predicted octanol–water partition coefficient (Wildman–Crippen LogP) is 5.80. The molecule has 3 rings (SSSR count). The predicted molar refractivity (Wildman–Crippen MR) is 98.9 cm³/mol. The van der Waals surface area contributed by atoms with E-state index in [0.717, 1.165) is 18.2 Å². The number of benzene rings is 3. The first kappa shape index (κ1) is 20.8. The van der Waals surface area contributed by atoms with Crippen LogP contribution in [0.4, 0.5) is 22.0 Å². The summed E-state index contributed by atoms with van der Waals surface area (Å²) in [6.07, 6.45) is -6.01. The number of hydrogen-bond acceptors (Lipinski definition) is 2. The van der Waals surface area contributed by atoms with Crippen LogP contribution in [0.1, 0.15) is 11.1 Å². The summed E-state index contributed by atoms with van der Waals surface area (Å²) >= 11 is 0. The van der Waals surface area contributed by atoms with Gasteiger partial charge in [-0.05, 0) is 28.8 Å². The van der Waals surface area contributed by atoms with Gasteiger partial charge in [-0.25, -0.2) is 0 Å². The van der Waals surface area contributed by atoms with Crippen molar-refractivity contribution in [3.05, 3.63) is 90.0 Å². The third-order valence-electron chi connectivity index (χ3n) is 4.70. The van der Waals surface area contributed by atoms with Crippen LogP contribution in [0.5, 0.6) is 5.75 Å². The van der Waals surface area contributed by atoms with Crippen LogP contribution >= 0.6 is 0 Å². The molecule has 1 atom stereocenters. The fourth-order valence-corrected chi connectivity index (χ4v) is 3.23. The zero-order valence-corrected chi connectivity index (χ0v) is 15.3. The van der Waals surface area contributed by atoms with Crippen LogP contribution < -0.4 is 4.74 Å². The first-order valence-electron chi connectivity index (χ1n) is 8.59. The molecule has 7 heteroatoms. The van der Waals surface area contributed by atoms with Crippen molar-refractivity contribution in [1.29, 1.82) is 0 Å².